The van der Waals surface area contributed by atoms with Crippen molar-refractivity contribution >= 4 is 5.97 Å². The van der Waals surface area contributed by atoms with Crippen LogP contribution in [0.25, 0.3) is 11.4 Å². The van der Waals surface area contributed by atoms with E-state index in [0.29, 0.717) is 34.5 Å². The van der Waals surface area contributed by atoms with Crippen LogP contribution in [-0.2, 0) is 0 Å². The van der Waals surface area contributed by atoms with Crippen molar-refractivity contribution in [2.75, 3.05) is 6.79 Å². The molecule has 3 aromatic rings. The van der Waals surface area contributed by atoms with Gasteiger partial charge in [0.1, 0.15) is 5.75 Å². The van der Waals surface area contributed by atoms with Crippen LogP contribution in [-0.4, -0.2) is 22.9 Å². The number of benzene rings is 2. The lowest BCUT2D eigenvalue weighted by atomic mass is 10.2. The number of aromatic nitrogens is 2. The highest BCUT2D eigenvalue weighted by molar-refractivity contribution is 5.92. The lowest BCUT2D eigenvalue weighted by Crippen LogP contribution is -2.08. The zero-order chi connectivity index (χ0) is 16.5. The molecule has 1 aliphatic rings. The van der Waals surface area contributed by atoms with E-state index in [1.165, 1.54) is 0 Å². The van der Waals surface area contributed by atoms with Crippen molar-refractivity contribution in [2.24, 2.45) is 0 Å². The molecule has 2 aromatic carbocycles. The molecular weight excluding hydrogens is 312 g/mol. The molecule has 0 radical (unpaired) electrons. The summed E-state index contributed by atoms with van der Waals surface area (Å²) in [6.45, 7) is 1.88. The summed E-state index contributed by atoms with van der Waals surface area (Å²) in [5.41, 5.74) is 1.16. The van der Waals surface area contributed by atoms with Gasteiger partial charge in [-0.3, -0.25) is 0 Å². The molecule has 1 aromatic heterocycles. The maximum atomic E-state index is 12.2. The van der Waals surface area contributed by atoms with Gasteiger partial charge in [0, 0.05) is 12.5 Å². The van der Waals surface area contributed by atoms with Crippen LogP contribution < -0.4 is 14.2 Å². The minimum atomic E-state index is -0.476. The van der Waals surface area contributed by atoms with Crippen molar-refractivity contribution in [3.63, 3.8) is 0 Å². The first-order chi connectivity index (χ1) is 11.7. The normalized spacial score (nSPS) is 12.2. The SMILES string of the molecule is Cc1nc(-c2ccc(OC(=O)c3ccc4c(c3)OCO4)cc2)no1. The van der Waals surface area contributed by atoms with Crippen LogP contribution in [0.4, 0.5) is 0 Å². The first-order valence-corrected chi connectivity index (χ1v) is 7.21. The molecule has 120 valence electrons. The summed E-state index contributed by atoms with van der Waals surface area (Å²) < 4.78 is 20.8. The molecule has 0 saturated heterocycles. The molecule has 24 heavy (non-hydrogen) atoms. The van der Waals surface area contributed by atoms with E-state index >= 15 is 0 Å². The number of hydrogen-bond donors (Lipinski definition) is 0. The van der Waals surface area contributed by atoms with Gasteiger partial charge < -0.3 is 18.7 Å². The topological polar surface area (TPSA) is 83.7 Å². The quantitative estimate of drug-likeness (QED) is 0.541. The number of nitrogens with zero attached hydrogens (tertiary/aromatic N) is 2. The number of carbonyl (C=O) groups is 1. The van der Waals surface area contributed by atoms with Gasteiger partial charge in [-0.1, -0.05) is 5.16 Å². The Bertz CT molecular complexity index is 902. The predicted octanol–water partition coefficient (Wildman–Crippen LogP) is 2.99. The summed E-state index contributed by atoms with van der Waals surface area (Å²) in [5.74, 6) is 2.07. The Hall–Kier alpha value is -3.35. The average molecular weight is 324 g/mol. The van der Waals surface area contributed by atoms with Crippen LogP contribution in [0.15, 0.2) is 47.0 Å². The fourth-order valence-electron chi connectivity index (χ4n) is 2.28. The zero-order valence-electron chi connectivity index (χ0n) is 12.7. The first-order valence-electron chi connectivity index (χ1n) is 7.21. The van der Waals surface area contributed by atoms with Crippen LogP contribution in [0.5, 0.6) is 17.2 Å². The van der Waals surface area contributed by atoms with Crippen LogP contribution >= 0.6 is 0 Å². The van der Waals surface area contributed by atoms with Gasteiger partial charge in [0.15, 0.2) is 11.5 Å². The second-order valence-corrected chi connectivity index (χ2v) is 5.12. The van der Waals surface area contributed by atoms with E-state index in [2.05, 4.69) is 10.1 Å². The Balaban J connectivity index is 1.49. The van der Waals surface area contributed by atoms with Crippen LogP contribution in [0.1, 0.15) is 16.2 Å². The number of hydrogen-bond acceptors (Lipinski definition) is 7. The Morgan fingerprint density at radius 3 is 2.62 bits per heavy atom. The molecule has 4 rings (SSSR count). The Morgan fingerprint density at radius 2 is 1.88 bits per heavy atom. The van der Waals surface area contributed by atoms with Crippen LogP contribution in [0, 0.1) is 6.92 Å². The molecule has 1 aliphatic heterocycles. The molecule has 2 heterocycles. The summed E-state index contributed by atoms with van der Waals surface area (Å²) in [5, 5.41) is 3.84. The van der Waals surface area contributed by atoms with Crippen molar-refractivity contribution in [3.8, 4) is 28.6 Å². The van der Waals surface area contributed by atoms with Crippen molar-refractivity contribution < 1.29 is 23.5 Å². The summed E-state index contributed by atoms with van der Waals surface area (Å²) >= 11 is 0. The third-order valence-corrected chi connectivity index (χ3v) is 3.46. The fraction of sp³-hybridized carbons (Fsp3) is 0.118. The summed E-state index contributed by atoms with van der Waals surface area (Å²) in [4.78, 5) is 16.4. The second kappa shape index (κ2) is 5.69. The Labute approximate surface area is 136 Å². The number of carbonyl (C=O) groups excluding carboxylic acids is 1. The van der Waals surface area contributed by atoms with Gasteiger partial charge in [-0.25, -0.2) is 4.79 Å². The van der Waals surface area contributed by atoms with Gasteiger partial charge in [0.25, 0.3) is 0 Å². The predicted molar refractivity (Wildman–Crippen MR) is 82.0 cm³/mol. The van der Waals surface area contributed by atoms with Crippen molar-refractivity contribution in [1.29, 1.82) is 0 Å². The van der Waals surface area contributed by atoms with E-state index in [1.54, 1.807) is 49.4 Å². The fourth-order valence-corrected chi connectivity index (χ4v) is 2.28. The molecule has 7 nitrogen and oxygen atoms in total. The molecule has 0 amide bonds. The highest BCUT2D eigenvalue weighted by Gasteiger charge is 2.17. The first kappa shape index (κ1) is 14.3. The van der Waals surface area contributed by atoms with Gasteiger partial charge in [-0.05, 0) is 42.5 Å². The van der Waals surface area contributed by atoms with E-state index in [4.69, 9.17) is 18.7 Å². The molecule has 0 unspecified atom stereocenters. The third kappa shape index (κ3) is 2.67. The number of rotatable bonds is 3. The van der Waals surface area contributed by atoms with E-state index in [9.17, 15) is 4.79 Å². The average Bonchev–Trinajstić information content (AvgIpc) is 3.23. The summed E-state index contributed by atoms with van der Waals surface area (Å²) in [7, 11) is 0. The van der Waals surface area contributed by atoms with Crippen LogP contribution in [0.3, 0.4) is 0 Å². The molecule has 0 atom stereocenters. The standard InChI is InChI=1S/C17H12N2O5/c1-10-18-16(19-24-10)11-2-5-13(6-3-11)23-17(20)12-4-7-14-15(8-12)22-9-21-14/h2-8H,9H2,1H3. The minimum absolute atomic E-state index is 0.158. The molecular formula is C17H12N2O5. The maximum Gasteiger partial charge on any atom is 0.343 e. The molecule has 0 N–H and O–H groups in total. The molecule has 0 bridgehead atoms. The maximum absolute atomic E-state index is 12.2. The lowest BCUT2D eigenvalue weighted by molar-refractivity contribution is 0.0734. The Kier molecular flexibility index (Phi) is 3.38. The van der Waals surface area contributed by atoms with Gasteiger partial charge in [-0.15, -0.1) is 0 Å². The van der Waals surface area contributed by atoms with Gasteiger partial charge in [0.05, 0.1) is 5.56 Å². The summed E-state index contributed by atoms with van der Waals surface area (Å²) in [6.07, 6.45) is 0. The van der Waals surface area contributed by atoms with Crippen LogP contribution in [0.2, 0.25) is 0 Å². The van der Waals surface area contributed by atoms with E-state index in [0.717, 1.165) is 5.56 Å². The highest BCUT2D eigenvalue weighted by Crippen LogP contribution is 2.32. The zero-order valence-corrected chi connectivity index (χ0v) is 12.7. The largest absolute Gasteiger partial charge is 0.454 e. The highest BCUT2D eigenvalue weighted by atomic mass is 16.7. The second-order valence-electron chi connectivity index (χ2n) is 5.12. The smallest absolute Gasteiger partial charge is 0.343 e. The van der Waals surface area contributed by atoms with Gasteiger partial charge in [-0.2, -0.15) is 4.98 Å². The minimum Gasteiger partial charge on any atom is -0.454 e. The number of fused-ring (bicyclic) bond motifs is 1. The number of ether oxygens (including phenoxy) is 3. The molecule has 0 fully saturated rings. The number of esters is 1. The molecule has 0 spiro atoms. The molecule has 0 aliphatic carbocycles. The van der Waals surface area contributed by atoms with E-state index < -0.39 is 5.97 Å². The van der Waals surface area contributed by atoms with E-state index in [1.807, 2.05) is 0 Å². The van der Waals surface area contributed by atoms with Crippen molar-refractivity contribution in [2.45, 2.75) is 6.92 Å². The van der Waals surface area contributed by atoms with E-state index in [-0.39, 0.29) is 6.79 Å². The van der Waals surface area contributed by atoms with Gasteiger partial charge >= 0.3 is 5.97 Å². The lowest BCUT2D eigenvalue weighted by Gasteiger charge is -2.05. The third-order valence-electron chi connectivity index (χ3n) is 3.46. The van der Waals surface area contributed by atoms with Crippen molar-refractivity contribution in [1.82, 2.24) is 10.1 Å². The van der Waals surface area contributed by atoms with Gasteiger partial charge in [0.2, 0.25) is 18.5 Å². The number of aryl methyl sites for hydroxylation is 1. The Morgan fingerprint density at radius 1 is 1.08 bits per heavy atom. The summed E-state index contributed by atoms with van der Waals surface area (Å²) in [6, 6.07) is 11.8. The monoisotopic (exact) mass is 324 g/mol. The molecule has 0 saturated carbocycles. The molecule has 7 heteroatoms. The van der Waals surface area contributed by atoms with Crippen molar-refractivity contribution in [3.05, 3.63) is 53.9 Å².